The number of carbonyl (C=O) groups excluding carboxylic acids is 1. The Morgan fingerprint density at radius 2 is 1.81 bits per heavy atom. The highest BCUT2D eigenvalue weighted by atomic mass is 19.1. The van der Waals surface area contributed by atoms with Gasteiger partial charge in [-0.05, 0) is 55.3 Å². The van der Waals surface area contributed by atoms with Gasteiger partial charge in [0.25, 0.3) is 5.91 Å². The third-order valence-electron chi connectivity index (χ3n) is 4.28. The number of rotatable bonds is 7. The average Bonchev–Trinajstić information content (AvgIpc) is 2.71. The van der Waals surface area contributed by atoms with Crippen molar-refractivity contribution in [3.63, 3.8) is 0 Å². The zero-order valence-corrected chi connectivity index (χ0v) is 15.2. The maximum atomic E-state index is 12.9. The molecule has 4 nitrogen and oxygen atoms in total. The molecule has 0 aliphatic carbocycles. The minimum absolute atomic E-state index is 0.148. The maximum Gasteiger partial charge on any atom is 0.251 e. The first-order chi connectivity index (χ1) is 13.2. The first-order valence-electron chi connectivity index (χ1n) is 8.98. The molecule has 0 bridgehead atoms. The molecule has 0 atom stereocenters. The van der Waals surface area contributed by atoms with Gasteiger partial charge in [0.15, 0.2) is 0 Å². The van der Waals surface area contributed by atoms with E-state index in [9.17, 15) is 9.18 Å². The van der Waals surface area contributed by atoms with E-state index in [4.69, 9.17) is 0 Å². The van der Waals surface area contributed by atoms with Gasteiger partial charge in [0, 0.05) is 30.5 Å². The molecule has 1 N–H and O–H groups in total. The molecule has 27 heavy (non-hydrogen) atoms. The fraction of sp³-hybridized carbons (Fsp3) is 0.182. The largest absolute Gasteiger partial charge is 0.352 e. The van der Waals surface area contributed by atoms with Gasteiger partial charge < -0.3 is 10.2 Å². The summed E-state index contributed by atoms with van der Waals surface area (Å²) in [5.41, 5.74) is 2.57. The molecular weight excluding hydrogens is 341 g/mol. The Labute approximate surface area is 158 Å². The van der Waals surface area contributed by atoms with Crippen LogP contribution in [0.2, 0.25) is 0 Å². The van der Waals surface area contributed by atoms with E-state index in [1.165, 1.54) is 12.1 Å². The predicted octanol–water partition coefficient (Wildman–Crippen LogP) is 4.35. The monoisotopic (exact) mass is 363 g/mol. The second-order valence-corrected chi connectivity index (χ2v) is 6.11. The Morgan fingerprint density at radius 1 is 1.07 bits per heavy atom. The summed E-state index contributed by atoms with van der Waals surface area (Å²) >= 11 is 0. The van der Waals surface area contributed by atoms with E-state index < -0.39 is 0 Å². The van der Waals surface area contributed by atoms with Gasteiger partial charge in [0.1, 0.15) is 11.6 Å². The van der Waals surface area contributed by atoms with Gasteiger partial charge in [-0.2, -0.15) is 0 Å². The number of benzene rings is 2. The number of hydrogen-bond acceptors (Lipinski definition) is 3. The summed E-state index contributed by atoms with van der Waals surface area (Å²) in [5, 5.41) is 2.91. The predicted molar refractivity (Wildman–Crippen MR) is 106 cm³/mol. The van der Waals surface area contributed by atoms with Gasteiger partial charge in [-0.25, -0.2) is 9.37 Å². The highest BCUT2D eigenvalue weighted by Gasteiger charge is 2.12. The number of halogens is 1. The van der Waals surface area contributed by atoms with E-state index in [1.54, 1.807) is 30.5 Å². The van der Waals surface area contributed by atoms with Gasteiger partial charge >= 0.3 is 0 Å². The summed E-state index contributed by atoms with van der Waals surface area (Å²) < 4.78 is 12.9. The van der Waals surface area contributed by atoms with Crippen molar-refractivity contribution in [1.82, 2.24) is 10.3 Å². The number of amides is 1. The number of anilines is 2. The molecule has 1 aromatic heterocycles. The lowest BCUT2D eigenvalue weighted by molar-refractivity contribution is 0.0954. The van der Waals surface area contributed by atoms with E-state index in [0.717, 1.165) is 23.6 Å². The van der Waals surface area contributed by atoms with Crippen LogP contribution < -0.4 is 10.2 Å². The topological polar surface area (TPSA) is 45.2 Å². The Balaban J connectivity index is 1.65. The van der Waals surface area contributed by atoms with Crippen LogP contribution in [0.15, 0.2) is 72.9 Å². The minimum atomic E-state index is -0.258. The number of nitrogens with zero attached hydrogens (tertiary/aromatic N) is 2. The third-order valence-corrected chi connectivity index (χ3v) is 4.28. The SMILES string of the molecule is CCN(c1ccccc1)c1cc(C(=O)NCCc2ccc(F)cc2)ccn1. The van der Waals surface area contributed by atoms with E-state index >= 15 is 0 Å². The van der Waals surface area contributed by atoms with Gasteiger partial charge in [-0.1, -0.05) is 30.3 Å². The van der Waals surface area contributed by atoms with Crippen LogP contribution in [0.5, 0.6) is 0 Å². The van der Waals surface area contributed by atoms with Crippen LogP contribution in [0, 0.1) is 5.82 Å². The fourth-order valence-electron chi connectivity index (χ4n) is 2.87. The Kier molecular flexibility index (Phi) is 6.15. The molecule has 1 heterocycles. The third kappa shape index (κ3) is 4.91. The molecule has 138 valence electrons. The second kappa shape index (κ2) is 8.94. The van der Waals surface area contributed by atoms with Crippen LogP contribution in [-0.2, 0) is 6.42 Å². The number of hydrogen-bond donors (Lipinski definition) is 1. The van der Waals surface area contributed by atoms with E-state index in [0.29, 0.717) is 18.5 Å². The highest BCUT2D eigenvalue weighted by molar-refractivity contribution is 5.95. The summed E-state index contributed by atoms with van der Waals surface area (Å²) in [7, 11) is 0. The van der Waals surface area contributed by atoms with Crippen molar-refractivity contribution in [2.75, 3.05) is 18.0 Å². The average molecular weight is 363 g/mol. The highest BCUT2D eigenvalue weighted by Crippen LogP contribution is 2.23. The molecule has 3 rings (SSSR count). The Hall–Kier alpha value is -3.21. The zero-order valence-electron chi connectivity index (χ0n) is 15.2. The van der Waals surface area contributed by atoms with Crippen LogP contribution in [0.3, 0.4) is 0 Å². The summed E-state index contributed by atoms with van der Waals surface area (Å²) in [4.78, 5) is 18.9. The fourth-order valence-corrected chi connectivity index (χ4v) is 2.87. The van der Waals surface area contributed by atoms with E-state index in [2.05, 4.69) is 15.2 Å². The van der Waals surface area contributed by atoms with E-state index in [-0.39, 0.29) is 11.7 Å². The molecule has 2 aromatic carbocycles. The molecule has 1 amide bonds. The second-order valence-electron chi connectivity index (χ2n) is 6.11. The molecular formula is C22H22FN3O. The van der Waals surface area contributed by atoms with Crippen LogP contribution >= 0.6 is 0 Å². The number of pyridine rings is 1. The van der Waals surface area contributed by atoms with Crippen LogP contribution in [0.25, 0.3) is 0 Å². The van der Waals surface area contributed by atoms with Crippen molar-refractivity contribution in [2.45, 2.75) is 13.3 Å². The smallest absolute Gasteiger partial charge is 0.251 e. The summed E-state index contributed by atoms with van der Waals surface area (Å²) in [5.74, 6) is 0.325. The summed E-state index contributed by atoms with van der Waals surface area (Å²) in [6, 6.07) is 19.8. The van der Waals surface area contributed by atoms with Crippen molar-refractivity contribution in [2.24, 2.45) is 0 Å². The van der Waals surface area contributed by atoms with Gasteiger partial charge in [-0.3, -0.25) is 4.79 Å². The normalized spacial score (nSPS) is 10.4. The van der Waals surface area contributed by atoms with Crippen molar-refractivity contribution >= 4 is 17.4 Å². The van der Waals surface area contributed by atoms with Crippen molar-refractivity contribution in [3.8, 4) is 0 Å². The lowest BCUT2D eigenvalue weighted by atomic mass is 10.1. The van der Waals surface area contributed by atoms with Crippen LogP contribution in [-0.4, -0.2) is 24.0 Å². The minimum Gasteiger partial charge on any atom is -0.352 e. The summed E-state index contributed by atoms with van der Waals surface area (Å²) in [6.07, 6.45) is 2.30. The molecule has 0 fully saturated rings. The maximum absolute atomic E-state index is 12.9. The molecule has 5 heteroatoms. The van der Waals surface area contributed by atoms with Crippen molar-refractivity contribution in [1.29, 1.82) is 0 Å². The first-order valence-corrected chi connectivity index (χ1v) is 8.98. The number of carbonyl (C=O) groups is 1. The van der Waals surface area contributed by atoms with E-state index in [1.807, 2.05) is 37.3 Å². The first kappa shape index (κ1) is 18.6. The molecule has 0 aliphatic heterocycles. The van der Waals surface area contributed by atoms with Gasteiger partial charge in [0.2, 0.25) is 0 Å². The Bertz CT molecular complexity index is 882. The van der Waals surface area contributed by atoms with Gasteiger partial charge in [0.05, 0.1) is 0 Å². The number of nitrogens with one attached hydrogen (secondary N) is 1. The standard InChI is InChI=1S/C22H22FN3O/c1-2-26(20-6-4-3-5-7-20)21-16-18(13-15-24-21)22(27)25-14-12-17-8-10-19(23)11-9-17/h3-11,13,15-16H,2,12,14H2,1H3,(H,25,27). The molecule has 0 unspecified atom stereocenters. The molecule has 0 saturated carbocycles. The number of para-hydroxylation sites is 1. The quantitative estimate of drug-likeness (QED) is 0.679. The number of aromatic nitrogens is 1. The molecule has 0 aliphatic rings. The van der Waals surface area contributed by atoms with Crippen LogP contribution in [0.4, 0.5) is 15.9 Å². The lowest BCUT2D eigenvalue weighted by Gasteiger charge is -2.22. The molecule has 0 saturated heterocycles. The molecule has 3 aromatic rings. The summed E-state index contributed by atoms with van der Waals surface area (Å²) in [6.45, 7) is 3.27. The molecule has 0 spiro atoms. The van der Waals surface area contributed by atoms with Crippen molar-refractivity contribution < 1.29 is 9.18 Å². The zero-order chi connectivity index (χ0) is 19.1. The molecule has 0 radical (unpaired) electrons. The lowest BCUT2D eigenvalue weighted by Crippen LogP contribution is -2.26. The van der Waals surface area contributed by atoms with Crippen molar-refractivity contribution in [3.05, 3.63) is 89.9 Å². The van der Waals surface area contributed by atoms with Crippen LogP contribution in [0.1, 0.15) is 22.8 Å². The van der Waals surface area contributed by atoms with Gasteiger partial charge in [-0.15, -0.1) is 0 Å². The Morgan fingerprint density at radius 3 is 2.52 bits per heavy atom.